The number of hydrogen-bond acceptors (Lipinski definition) is 3. The zero-order valence-corrected chi connectivity index (χ0v) is 6.19. The van der Waals surface area contributed by atoms with Crippen LogP contribution in [0.1, 0.15) is 13.0 Å². The molecule has 0 aliphatic rings. The number of carbonyl (C=O) groups is 1. The predicted octanol–water partition coefficient (Wildman–Crippen LogP) is -0.488. The first kappa shape index (κ1) is 7.59. The minimum absolute atomic E-state index is 0.387. The van der Waals surface area contributed by atoms with Crippen LogP contribution in [0.2, 0.25) is 0 Å². The van der Waals surface area contributed by atoms with Crippen molar-refractivity contribution in [3.63, 3.8) is 0 Å². The topological polar surface area (TPSA) is 86.9 Å². The Morgan fingerprint density at radius 1 is 1.82 bits per heavy atom. The van der Waals surface area contributed by atoms with E-state index in [4.69, 9.17) is 11.5 Å². The number of amides is 1. The number of carbonyl (C=O) groups excluding carboxylic acids is 1. The van der Waals surface area contributed by atoms with Crippen molar-refractivity contribution in [2.75, 3.05) is 5.73 Å². The van der Waals surface area contributed by atoms with E-state index in [0.717, 1.165) is 0 Å². The highest BCUT2D eigenvalue weighted by Gasteiger charge is 2.10. The van der Waals surface area contributed by atoms with Gasteiger partial charge in [0, 0.05) is 6.20 Å². The van der Waals surface area contributed by atoms with E-state index in [1.165, 1.54) is 4.68 Å². The highest BCUT2D eigenvalue weighted by Crippen LogP contribution is 2.04. The van der Waals surface area contributed by atoms with Crippen molar-refractivity contribution in [1.29, 1.82) is 0 Å². The van der Waals surface area contributed by atoms with Crippen LogP contribution in [0.25, 0.3) is 0 Å². The third-order valence-electron chi connectivity index (χ3n) is 1.44. The van der Waals surface area contributed by atoms with Crippen LogP contribution in [0.15, 0.2) is 12.3 Å². The van der Waals surface area contributed by atoms with Crippen molar-refractivity contribution in [3.05, 3.63) is 12.3 Å². The van der Waals surface area contributed by atoms with Crippen LogP contribution in [-0.4, -0.2) is 15.7 Å². The summed E-state index contributed by atoms with van der Waals surface area (Å²) in [5.74, 6) is -0.0359. The molecule has 0 saturated carbocycles. The summed E-state index contributed by atoms with van der Waals surface area (Å²) < 4.78 is 1.43. The second-order valence-electron chi connectivity index (χ2n) is 2.30. The third-order valence-corrected chi connectivity index (χ3v) is 1.44. The van der Waals surface area contributed by atoms with E-state index in [0.29, 0.717) is 5.82 Å². The summed E-state index contributed by atoms with van der Waals surface area (Å²) in [7, 11) is 0. The van der Waals surface area contributed by atoms with Crippen molar-refractivity contribution in [2.24, 2.45) is 5.73 Å². The van der Waals surface area contributed by atoms with Crippen molar-refractivity contribution >= 4 is 11.7 Å². The van der Waals surface area contributed by atoms with Crippen LogP contribution >= 0.6 is 0 Å². The molecule has 0 spiro atoms. The minimum atomic E-state index is -0.438. The first-order valence-electron chi connectivity index (χ1n) is 3.21. The molecule has 0 radical (unpaired) electrons. The summed E-state index contributed by atoms with van der Waals surface area (Å²) in [5.41, 5.74) is 10.4. The number of aromatic nitrogens is 2. The monoisotopic (exact) mass is 154 g/mol. The maximum absolute atomic E-state index is 10.6. The largest absolute Gasteiger partial charge is 0.382 e. The van der Waals surface area contributed by atoms with Crippen molar-refractivity contribution in [3.8, 4) is 0 Å². The van der Waals surface area contributed by atoms with Gasteiger partial charge in [0.25, 0.3) is 0 Å². The molecule has 1 aromatic rings. The molecule has 60 valence electrons. The zero-order valence-electron chi connectivity index (χ0n) is 6.19. The molecule has 0 aliphatic heterocycles. The van der Waals surface area contributed by atoms with Crippen molar-refractivity contribution in [1.82, 2.24) is 9.78 Å². The fourth-order valence-corrected chi connectivity index (χ4v) is 0.699. The van der Waals surface area contributed by atoms with E-state index in [1.54, 1.807) is 19.2 Å². The summed E-state index contributed by atoms with van der Waals surface area (Å²) in [4.78, 5) is 10.6. The number of nitrogen functional groups attached to an aromatic ring is 1. The van der Waals surface area contributed by atoms with Crippen LogP contribution in [0, 0.1) is 0 Å². The Bertz CT molecular complexity index is 267. The summed E-state index contributed by atoms with van der Waals surface area (Å²) in [5, 5.41) is 3.83. The lowest BCUT2D eigenvalue weighted by Crippen LogP contribution is -2.24. The Kier molecular flexibility index (Phi) is 1.80. The van der Waals surface area contributed by atoms with E-state index >= 15 is 0 Å². The highest BCUT2D eigenvalue weighted by molar-refractivity contribution is 5.77. The molecule has 11 heavy (non-hydrogen) atoms. The van der Waals surface area contributed by atoms with Gasteiger partial charge in [-0.1, -0.05) is 0 Å². The van der Waals surface area contributed by atoms with Gasteiger partial charge in [-0.05, 0) is 13.0 Å². The van der Waals surface area contributed by atoms with Gasteiger partial charge in [0.05, 0.1) is 0 Å². The summed E-state index contributed by atoms with van der Waals surface area (Å²) >= 11 is 0. The van der Waals surface area contributed by atoms with Gasteiger partial charge in [0.2, 0.25) is 5.91 Å². The molecule has 1 unspecified atom stereocenters. The molecular formula is C6H10N4O. The first-order chi connectivity index (χ1) is 5.11. The fourth-order valence-electron chi connectivity index (χ4n) is 0.699. The maximum Gasteiger partial charge on any atom is 0.241 e. The fraction of sp³-hybridized carbons (Fsp3) is 0.333. The van der Waals surface area contributed by atoms with Gasteiger partial charge in [-0.3, -0.25) is 9.48 Å². The van der Waals surface area contributed by atoms with E-state index in [2.05, 4.69) is 5.10 Å². The predicted molar refractivity (Wildman–Crippen MR) is 40.5 cm³/mol. The van der Waals surface area contributed by atoms with Crippen LogP contribution < -0.4 is 11.5 Å². The van der Waals surface area contributed by atoms with E-state index < -0.39 is 11.9 Å². The lowest BCUT2D eigenvalue weighted by molar-refractivity contribution is -0.120. The van der Waals surface area contributed by atoms with Gasteiger partial charge in [-0.15, -0.1) is 0 Å². The van der Waals surface area contributed by atoms with Gasteiger partial charge in [0.1, 0.15) is 11.9 Å². The van der Waals surface area contributed by atoms with Gasteiger partial charge in [-0.2, -0.15) is 5.10 Å². The zero-order chi connectivity index (χ0) is 8.43. The summed E-state index contributed by atoms with van der Waals surface area (Å²) in [6, 6.07) is 1.17. The molecule has 0 bridgehead atoms. The molecule has 1 rings (SSSR count). The number of nitrogens with two attached hydrogens (primary N) is 2. The minimum Gasteiger partial charge on any atom is -0.382 e. The van der Waals surface area contributed by atoms with Gasteiger partial charge in [-0.25, -0.2) is 0 Å². The van der Waals surface area contributed by atoms with Gasteiger partial charge in [0.15, 0.2) is 0 Å². The van der Waals surface area contributed by atoms with Crippen LogP contribution in [0.3, 0.4) is 0 Å². The standard InChI is InChI=1S/C6H10N4O/c1-4(6(8)11)10-3-2-5(7)9-10/h2-4H,1H3,(H2,7,9)(H2,8,11). The average Bonchev–Trinajstić information content (AvgIpc) is 2.34. The van der Waals surface area contributed by atoms with Crippen LogP contribution in [-0.2, 0) is 4.79 Å². The molecule has 0 fully saturated rings. The Hall–Kier alpha value is -1.52. The number of nitrogens with zero attached hydrogens (tertiary/aromatic N) is 2. The van der Waals surface area contributed by atoms with Crippen LogP contribution in [0.4, 0.5) is 5.82 Å². The molecule has 1 amide bonds. The molecule has 0 aromatic carbocycles. The SMILES string of the molecule is CC(C(N)=O)n1ccc(N)n1. The highest BCUT2D eigenvalue weighted by atomic mass is 16.1. The Morgan fingerprint density at radius 2 is 2.45 bits per heavy atom. The quantitative estimate of drug-likeness (QED) is 0.602. The van der Waals surface area contributed by atoms with Crippen LogP contribution in [0.5, 0.6) is 0 Å². The molecule has 5 nitrogen and oxygen atoms in total. The van der Waals surface area contributed by atoms with E-state index in [9.17, 15) is 4.79 Å². The smallest absolute Gasteiger partial charge is 0.241 e. The lowest BCUT2D eigenvalue weighted by Gasteiger charge is -2.05. The summed E-state index contributed by atoms with van der Waals surface area (Å²) in [6.45, 7) is 1.66. The molecular weight excluding hydrogens is 144 g/mol. The summed E-state index contributed by atoms with van der Waals surface area (Å²) in [6.07, 6.45) is 1.62. The Labute approximate surface area is 64.0 Å². The number of anilines is 1. The molecule has 4 N–H and O–H groups in total. The van der Waals surface area contributed by atoms with Crippen molar-refractivity contribution in [2.45, 2.75) is 13.0 Å². The molecule has 5 heteroatoms. The van der Waals surface area contributed by atoms with Gasteiger partial charge >= 0.3 is 0 Å². The average molecular weight is 154 g/mol. The number of hydrogen-bond donors (Lipinski definition) is 2. The first-order valence-corrected chi connectivity index (χ1v) is 3.21. The molecule has 0 saturated heterocycles. The second kappa shape index (κ2) is 2.61. The Balaban J connectivity index is 2.84. The number of primary amides is 1. The third kappa shape index (κ3) is 1.49. The second-order valence-corrected chi connectivity index (χ2v) is 2.30. The van der Waals surface area contributed by atoms with Gasteiger partial charge < -0.3 is 11.5 Å². The molecule has 0 aliphatic carbocycles. The maximum atomic E-state index is 10.6. The Morgan fingerprint density at radius 3 is 2.82 bits per heavy atom. The van der Waals surface area contributed by atoms with E-state index in [-0.39, 0.29) is 0 Å². The molecule has 1 heterocycles. The molecule has 1 aromatic heterocycles. The molecule has 1 atom stereocenters. The number of rotatable bonds is 2. The lowest BCUT2D eigenvalue weighted by atomic mass is 10.3. The van der Waals surface area contributed by atoms with E-state index in [1.807, 2.05) is 0 Å². The normalized spacial score (nSPS) is 12.8. The van der Waals surface area contributed by atoms with Crippen molar-refractivity contribution < 1.29 is 4.79 Å².